The van der Waals surface area contributed by atoms with E-state index >= 15 is 0 Å². The van der Waals surface area contributed by atoms with Gasteiger partial charge in [-0.1, -0.05) is 56.3 Å². The first-order chi connectivity index (χ1) is 13.5. The minimum atomic E-state index is -3.65. The van der Waals surface area contributed by atoms with Gasteiger partial charge < -0.3 is 5.32 Å². The van der Waals surface area contributed by atoms with E-state index in [2.05, 4.69) is 19.2 Å². The standard InChI is InChI=1S/C23H32N2O3S/c1-16(2)14-21(20-10-8-7-9-11-20)24-23(26)19(5)25(29(6,27)28)22-15-17(3)12-13-18(22)4/h7-13,15-16,19,21H,14H2,1-6H3,(H,24,26)/t19-,21-/m0/s1. The highest BCUT2D eigenvalue weighted by molar-refractivity contribution is 7.92. The smallest absolute Gasteiger partial charge is 0.244 e. The molecule has 2 atom stereocenters. The van der Waals surface area contributed by atoms with Crippen molar-refractivity contribution in [2.75, 3.05) is 10.6 Å². The second-order valence-corrected chi connectivity index (χ2v) is 9.99. The van der Waals surface area contributed by atoms with Gasteiger partial charge in [0.15, 0.2) is 0 Å². The van der Waals surface area contributed by atoms with Crippen LogP contribution in [0.5, 0.6) is 0 Å². The van der Waals surface area contributed by atoms with E-state index in [4.69, 9.17) is 0 Å². The second-order valence-electron chi connectivity index (χ2n) is 8.13. The first-order valence-corrected chi connectivity index (χ1v) is 11.8. The largest absolute Gasteiger partial charge is 0.347 e. The number of anilines is 1. The Bertz CT molecular complexity index is 940. The molecule has 2 aromatic carbocycles. The van der Waals surface area contributed by atoms with Crippen molar-refractivity contribution in [1.82, 2.24) is 5.32 Å². The summed E-state index contributed by atoms with van der Waals surface area (Å²) >= 11 is 0. The molecule has 0 saturated carbocycles. The van der Waals surface area contributed by atoms with Crippen molar-refractivity contribution in [3.8, 4) is 0 Å². The summed E-state index contributed by atoms with van der Waals surface area (Å²) in [5.74, 6) is 0.0617. The van der Waals surface area contributed by atoms with E-state index in [1.165, 1.54) is 4.31 Å². The second kappa shape index (κ2) is 9.44. The van der Waals surface area contributed by atoms with Crippen molar-refractivity contribution >= 4 is 21.6 Å². The fourth-order valence-corrected chi connectivity index (χ4v) is 4.69. The molecule has 0 unspecified atom stereocenters. The van der Waals surface area contributed by atoms with Crippen LogP contribution in [0.3, 0.4) is 0 Å². The van der Waals surface area contributed by atoms with Crippen LogP contribution in [0.25, 0.3) is 0 Å². The summed E-state index contributed by atoms with van der Waals surface area (Å²) in [4.78, 5) is 13.1. The maximum absolute atomic E-state index is 13.1. The number of amides is 1. The molecule has 0 heterocycles. The molecule has 0 aliphatic carbocycles. The number of carbonyl (C=O) groups excluding carboxylic acids is 1. The highest BCUT2D eigenvalue weighted by Gasteiger charge is 2.31. The molecule has 0 fully saturated rings. The molecule has 1 N–H and O–H groups in total. The van der Waals surface area contributed by atoms with E-state index < -0.39 is 16.1 Å². The van der Waals surface area contributed by atoms with Gasteiger partial charge in [0, 0.05) is 0 Å². The zero-order chi connectivity index (χ0) is 21.8. The van der Waals surface area contributed by atoms with Gasteiger partial charge in [-0.2, -0.15) is 0 Å². The quantitative estimate of drug-likeness (QED) is 0.695. The molecule has 0 spiro atoms. The average molecular weight is 417 g/mol. The molecule has 0 saturated heterocycles. The number of carbonyl (C=O) groups is 1. The lowest BCUT2D eigenvalue weighted by molar-refractivity contribution is -0.122. The summed E-state index contributed by atoms with van der Waals surface area (Å²) in [5, 5.41) is 3.08. The monoisotopic (exact) mass is 416 g/mol. The number of sulfonamides is 1. The van der Waals surface area contributed by atoms with E-state index in [1.807, 2.05) is 62.4 Å². The summed E-state index contributed by atoms with van der Waals surface area (Å²) in [5.41, 5.74) is 3.30. The summed E-state index contributed by atoms with van der Waals surface area (Å²) in [6.07, 6.45) is 1.91. The Balaban J connectivity index is 2.36. The van der Waals surface area contributed by atoms with Crippen molar-refractivity contribution in [3.63, 3.8) is 0 Å². The van der Waals surface area contributed by atoms with Crippen LogP contribution < -0.4 is 9.62 Å². The van der Waals surface area contributed by atoms with Gasteiger partial charge in [-0.05, 0) is 55.9 Å². The van der Waals surface area contributed by atoms with Crippen LogP contribution in [0.2, 0.25) is 0 Å². The Morgan fingerprint density at radius 3 is 2.21 bits per heavy atom. The molecule has 2 rings (SSSR count). The number of rotatable bonds is 8. The Labute approximate surface area is 175 Å². The van der Waals surface area contributed by atoms with Gasteiger partial charge in [-0.3, -0.25) is 9.10 Å². The third-order valence-electron chi connectivity index (χ3n) is 4.92. The minimum absolute atomic E-state index is 0.175. The molecule has 29 heavy (non-hydrogen) atoms. The van der Waals surface area contributed by atoms with Crippen molar-refractivity contribution in [3.05, 3.63) is 65.2 Å². The SMILES string of the molecule is Cc1ccc(C)c(N([C@@H](C)C(=O)N[C@@H](CC(C)C)c2ccccc2)S(C)(=O)=O)c1. The lowest BCUT2D eigenvalue weighted by Gasteiger charge is -2.31. The zero-order valence-corrected chi connectivity index (χ0v) is 19.0. The lowest BCUT2D eigenvalue weighted by Crippen LogP contribution is -2.49. The van der Waals surface area contributed by atoms with Gasteiger partial charge in [-0.15, -0.1) is 0 Å². The summed E-state index contributed by atoms with van der Waals surface area (Å²) in [6, 6.07) is 14.4. The molecule has 1 amide bonds. The van der Waals surface area contributed by atoms with Gasteiger partial charge in [-0.25, -0.2) is 8.42 Å². The number of benzene rings is 2. The Hall–Kier alpha value is -2.34. The molecular weight excluding hydrogens is 384 g/mol. The Morgan fingerprint density at radius 1 is 1.03 bits per heavy atom. The van der Waals surface area contributed by atoms with E-state index in [1.54, 1.807) is 6.92 Å². The number of nitrogens with one attached hydrogen (secondary N) is 1. The Kier molecular flexibility index (Phi) is 7.47. The van der Waals surface area contributed by atoms with Crippen LogP contribution in [0.1, 0.15) is 49.9 Å². The maximum Gasteiger partial charge on any atom is 0.244 e. The molecule has 6 heteroatoms. The van der Waals surface area contributed by atoms with E-state index in [9.17, 15) is 13.2 Å². The van der Waals surface area contributed by atoms with Gasteiger partial charge in [0.05, 0.1) is 18.0 Å². The first kappa shape index (κ1) is 22.9. The van der Waals surface area contributed by atoms with Gasteiger partial charge in [0.25, 0.3) is 0 Å². The van der Waals surface area contributed by atoms with E-state index in [-0.39, 0.29) is 11.9 Å². The van der Waals surface area contributed by atoms with Gasteiger partial charge in [0.1, 0.15) is 6.04 Å². The maximum atomic E-state index is 13.1. The van der Waals surface area contributed by atoms with Crippen molar-refractivity contribution < 1.29 is 13.2 Å². The molecule has 158 valence electrons. The molecule has 2 aromatic rings. The predicted molar refractivity (Wildman–Crippen MR) is 119 cm³/mol. The molecule has 0 aliphatic heterocycles. The van der Waals surface area contributed by atoms with Crippen molar-refractivity contribution in [2.24, 2.45) is 5.92 Å². The number of hydrogen-bond acceptors (Lipinski definition) is 3. The molecule has 0 bridgehead atoms. The third kappa shape index (κ3) is 6.07. The highest BCUT2D eigenvalue weighted by atomic mass is 32.2. The highest BCUT2D eigenvalue weighted by Crippen LogP contribution is 2.27. The van der Waals surface area contributed by atoms with Crippen molar-refractivity contribution in [1.29, 1.82) is 0 Å². The summed E-state index contributed by atoms with van der Waals surface area (Å²) in [6.45, 7) is 9.59. The Morgan fingerprint density at radius 2 is 1.66 bits per heavy atom. The van der Waals surface area contributed by atoms with Crippen molar-refractivity contribution in [2.45, 2.75) is 53.1 Å². The number of nitrogens with zero attached hydrogens (tertiary/aromatic N) is 1. The van der Waals surface area contributed by atoms with Gasteiger partial charge >= 0.3 is 0 Å². The van der Waals surface area contributed by atoms with E-state index in [0.29, 0.717) is 11.6 Å². The summed E-state index contributed by atoms with van der Waals surface area (Å²) < 4.78 is 26.5. The van der Waals surface area contributed by atoms with E-state index in [0.717, 1.165) is 29.4 Å². The molecule has 0 radical (unpaired) electrons. The topological polar surface area (TPSA) is 66.5 Å². The van der Waals surface area contributed by atoms with Crippen LogP contribution in [0.4, 0.5) is 5.69 Å². The first-order valence-electron chi connectivity index (χ1n) is 9.92. The average Bonchev–Trinajstić information content (AvgIpc) is 2.63. The summed E-state index contributed by atoms with van der Waals surface area (Å²) in [7, 11) is -3.65. The fourth-order valence-electron chi connectivity index (χ4n) is 3.47. The normalized spacial score (nSPS) is 13.8. The number of hydrogen-bond donors (Lipinski definition) is 1. The molecule has 0 aromatic heterocycles. The van der Waals surface area contributed by atoms with Crippen LogP contribution in [-0.2, 0) is 14.8 Å². The number of aryl methyl sites for hydroxylation is 2. The molecular formula is C23H32N2O3S. The zero-order valence-electron chi connectivity index (χ0n) is 18.1. The van der Waals surface area contributed by atoms with Gasteiger partial charge in [0.2, 0.25) is 15.9 Å². The van der Waals surface area contributed by atoms with Crippen LogP contribution >= 0.6 is 0 Å². The fraction of sp³-hybridized carbons (Fsp3) is 0.435. The predicted octanol–water partition coefficient (Wildman–Crippen LogP) is 4.36. The minimum Gasteiger partial charge on any atom is -0.347 e. The van der Waals surface area contributed by atoms with Crippen LogP contribution in [-0.4, -0.2) is 26.6 Å². The molecule has 0 aliphatic rings. The third-order valence-corrected chi connectivity index (χ3v) is 6.14. The lowest BCUT2D eigenvalue weighted by atomic mass is 9.96. The van der Waals surface area contributed by atoms with Crippen LogP contribution in [0, 0.1) is 19.8 Å². The van der Waals surface area contributed by atoms with Crippen LogP contribution in [0.15, 0.2) is 48.5 Å². The molecule has 5 nitrogen and oxygen atoms in total.